The van der Waals surface area contributed by atoms with Crippen molar-refractivity contribution in [2.45, 2.75) is 37.3 Å². The molecule has 1 fully saturated rings. The largest absolute Gasteiger partial charge is 0.493 e. The fraction of sp³-hybridized carbons (Fsp3) is 0.625. The van der Waals surface area contributed by atoms with Crippen LogP contribution in [-0.4, -0.2) is 35.4 Å². The Morgan fingerprint density at radius 2 is 2.19 bits per heavy atom. The molecule has 0 aromatic heterocycles. The molecule has 0 bridgehead atoms. The number of nitrogens with one attached hydrogen (secondary N) is 1. The lowest BCUT2D eigenvalue weighted by atomic mass is 9.95. The summed E-state index contributed by atoms with van der Waals surface area (Å²) in [6.07, 6.45) is 3.56. The second kappa shape index (κ2) is 6.55. The van der Waals surface area contributed by atoms with Crippen molar-refractivity contribution in [3.05, 3.63) is 29.6 Å². The van der Waals surface area contributed by atoms with Gasteiger partial charge in [-0.05, 0) is 43.3 Å². The summed E-state index contributed by atoms with van der Waals surface area (Å²) in [5, 5.41) is 14.1. The van der Waals surface area contributed by atoms with Gasteiger partial charge in [0.25, 0.3) is 0 Å². The van der Waals surface area contributed by atoms with Crippen LogP contribution in [0.4, 0.5) is 4.39 Å². The van der Waals surface area contributed by atoms with Gasteiger partial charge < -0.3 is 15.2 Å². The van der Waals surface area contributed by atoms with Crippen LogP contribution >= 0.6 is 11.8 Å². The molecule has 5 heteroatoms. The van der Waals surface area contributed by atoms with E-state index in [2.05, 4.69) is 5.32 Å². The molecule has 0 saturated carbocycles. The smallest absolute Gasteiger partial charge is 0.126 e. The van der Waals surface area contributed by atoms with Crippen molar-refractivity contribution in [1.82, 2.24) is 5.32 Å². The van der Waals surface area contributed by atoms with Gasteiger partial charge in [-0.1, -0.05) is 6.07 Å². The van der Waals surface area contributed by atoms with Crippen LogP contribution in [0.15, 0.2) is 18.2 Å². The van der Waals surface area contributed by atoms with Crippen LogP contribution in [0.2, 0.25) is 0 Å². The molecule has 2 aliphatic heterocycles. The zero-order valence-corrected chi connectivity index (χ0v) is 12.9. The number of hydrogen-bond donors (Lipinski definition) is 2. The van der Waals surface area contributed by atoms with Crippen molar-refractivity contribution in [2.24, 2.45) is 0 Å². The second-order valence-electron chi connectivity index (χ2n) is 5.94. The van der Waals surface area contributed by atoms with E-state index in [4.69, 9.17) is 4.74 Å². The van der Waals surface area contributed by atoms with Crippen molar-refractivity contribution in [3.8, 4) is 5.75 Å². The van der Waals surface area contributed by atoms with Gasteiger partial charge in [0.1, 0.15) is 11.6 Å². The van der Waals surface area contributed by atoms with E-state index in [1.807, 2.05) is 11.8 Å². The first kappa shape index (κ1) is 15.1. The van der Waals surface area contributed by atoms with E-state index in [1.165, 1.54) is 12.1 Å². The molecule has 1 aromatic rings. The molecule has 0 aliphatic carbocycles. The molecule has 21 heavy (non-hydrogen) atoms. The van der Waals surface area contributed by atoms with Gasteiger partial charge >= 0.3 is 0 Å². The molecule has 3 rings (SSSR count). The number of benzene rings is 1. The summed E-state index contributed by atoms with van der Waals surface area (Å²) in [6, 6.07) is 4.87. The number of hydrogen-bond acceptors (Lipinski definition) is 4. The van der Waals surface area contributed by atoms with Gasteiger partial charge in [0, 0.05) is 24.2 Å². The number of fused-ring (bicyclic) bond motifs is 1. The number of thioether (sulfide) groups is 1. The molecule has 116 valence electrons. The minimum absolute atomic E-state index is 0.127. The summed E-state index contributed by atoms with van der Waals surface area (Å²) in [7, 11) is 0. The third-order valence-electron chi connectivity index (χ3n) is 4.35. The van der Waals surface area contributed by atoms with Gasteiger partial charge in [-0.2, -0.15) is 11.8 Å². The predicted octanol–water partition coefficient (Wildman–Crippen LogP) is 2.89. The minimum atomic E-state index is -0.599. The van der Waals surface area contributed by atoms with Gasteiger partial charge in [0.05, 0.1) is 12.2 Å². The van der Waals surface area contributed by atoms with Crippen molar-refractivity contribution in [1.29, 1.82) is 0 Å². The highest BCUT2D eigenvalue weighted by Gasteiger charge is 2.31. The Labute approximate surface area is 129 Å². The first-order valence-electron chi connectivity index (χ1n) is 7.62. The summed E-state index contributed by atoms with van der Waals surface area (Å²) in [4.78, 5) is 0. The Bertz CT molecular complexity index is 491. The quantitative estimate of drug-likeness (QED) is 0.901. The Morgan fingerprint density at radius 3 is 3.00 bits per heavy atom. The molecule has 3 nitrogen and oxygen atoms in total. The van der Waals surface area contributed by atoms with E-state index in [1.54, 1.807) is 6.07 Å². The van der Waals surface area contributed by atoms with Crippen LogP contribution in [0.5, 0.6) is 5.75 Å². The maximum Gasteiger partial charge on any atom is 0.126 e. The summed E-state index contributed by atoms with van der Waals surface area (Å²) in [5.41, 5.74) is 0.404. The normalized spacial score (nSPS) is 24.8. The topological polar surface area (TPSA) is 41.5 Å². The Balaban J connectivity index is 1.70. The standard InChI is InChI=1S/C16H22FNO2S/c17-12-3-4-13-14(2-1-7-20-15(13)10-12)18-11-16(19)5-8-21-9-6-16/h3-4,10,14,18-19H,1-2,5-9,11H2/t14-/m1/s1. The average Bonchev–Trinajstić information content (AvgIpc) is 2.67. The molecule has 0 spiro atoms. The fourth-order valence-corrected chi connectivity index (χ4v) is 4.25. The average molecular weight is 311 g/mol. The minimum Gasteiger partial charge on any atom is -0.493 e. The van der Waals surface area contributed by atoms with Gasteiger partial charge in [-0.25, -0.2) is 4.39 Å². The SMILES string of the molecule is OC1(CN[C@@H]2CCCOc3cc(F)ccc32)CCSCC1. The van der Waals surface area contributed by atoms with Crippen LogP contribution in [0.1, 0.15) is 37.3 Å². The molecule has 1 atom stereocenters. The van der Waals surface area contributed by atoms with E-state index < -0.39 is 5.60 Å². The Hall–Kier alpha value is -0.780. The summed E-state index contributed by atoms with van der Waals surface area (Å²) < 4.78 is 19.0. The van der Waals surface area contributed by atoms with E-state index in [9.17, 15) is 9.50 Å². The van der Waals surface area contributed by atoms with E-state index >= 15 is 0 Å². The zero-order chi connectivity index (χ0) is 14.7. The highest BCUT2D eigenvalue weighted by Crippen LogP contribution is 2.33. The zero-order valence-electron chi connectivity index (χ0n) is 12.1. The summed E-state index contributed by atoms with van der Waals surface area (Å²) in [5.74, 6) is 2.41. The first-order chi connectivity index (χ1) is 10.2. The molecule has 2 N–H and O–H groups in total. The number of ether oxygens (including phenoxy) is 1. The molecule has 1 aromatic carbocycles. The molecule has 2 aliphatic rings. The number of halogens is 1. The molecule has 2 heterocycles. The van der Waals surface area contributed by atoms with E-state index in [0.717, 1.165) is 42.8 Å². The molecule has 0 unspecified atom stereocenters. The Kier molecular flexibility index (Phi) is 4.72. The van der Waals surface area contributed by atoms with Crippen molar-refractivity contribution < 1.29 is 14.2 Å². The van der Waals surface area contributed by atoms with Crippen molar-refractivity contribution in [2.75, 3.05) is 24.7 Å². The van der Waals surface area contributed by atoms with Crippen LogP contribution in [0, 0.1) is 5.82 Å². The predicted molar refractivity (Wildman–Crippen MR) is 83.4 cm³/mol. The second-order valence-corrected chi connectivity index (χ2v) is 7.17. The van der Waals surface area contributed by atoms with Crippen molar-refractivity contribution >= 4 is 11.8 Å². The van der Waals surface area contributed by atoms with Crippen LogP contribution in [0.3, 0.4) is 0 Å². The maximum absolute atomic E-state index is 13.3. The molecular formula is C16H22FNO2S. The summed E-state index contributed by atoms with van der Waals surface area (Å²) in [6.45, 7) is 1.21. The lowest BCUT2D eigenvalue weighted by Crippen LogP contribution is -2.44. The third-order valence-corrected chi connectivity index (χ3v) is 5.33. The highest BCUT2D eigenvalue weighted by molar-refractivity contribution is 7.99. The summed E-state index contributed by atoms with van der Waals surface area (Å²) >= 11 is 1.90. The van der Waals surface area contributed by atoms with E-state index in [-0.39, 0.29) is 11.9 Å². The van der Waals surface area contributed by atoms with E-state index in [0.29, 0.717) is 18.9 Å². The molecule has 1 saturated heterocycles. The maximum atomic E-state index is 13.3. The van der Waals surface area contributed by atoms with Crippen LogP contribution in [-0.2, 0) is 0 Å². The number of aliphatic hydroxyl groups is 1. The molecular weight excluding hydrogens is 289 g/mol. The third kappa shape index (κ3) is 3.71. The van der Waals surface area contributed by atoms with Gasteiger partial charge in [-0.3, -0.25) is 0 Å². The van der Waals surface area contributed by atoms with Crippen LogP contribution < -0.4 is 10.1 Å². The van der Waals surface area contributed by atoms with Gasteiger partial charge in [-0.15, -0.1) is 0 Å². The highest BCUT2D eigenvalue weighted by atomic mass is 32.2. The lowest BCUT2D eigenvalue weighted by Gasteiger charge is -2.33. The monoisotopic (exact) mass is 311 g/mol. The van der Waals surface area contributed by atoms with Gasteiger partial charge in [0.2, 0.25) is 0 Å². The fourth-order valence-electron chi connectivity index (χ4n) is 3.00. The first-order valence-corrected chi connectivity index (χ1v) is 8.78. The molecule has 0 radical (unpaired) electrons. The molecule has 0 amide bonds. The Morgan fingerprint density at radius 1 is 1.38 bits per heavy atom. The lowest BCUT2D eigenvalue weighted by molar-refractivity contribution is 0.0293. The number of rotatable bonds is 3. The van der Waals surface area contributed by atoms with Gasteiger partial charge in [0.15, 0.2) is 0 Å². The van der Waals surface area contributed by atoms with Crippen molar-refractivity contribution in [3.63, 3.8) is 0 Å². The van der Waals surface area contributed by atoms with Crippen LogP contribution in [0.25, 0.3) is 0 Å².